The molecule has 0 unspecified atom stereocenters. The Bertz CT molecular complexity index is 1330. The molecule has 0 aliphatic carbocycles. The number of carbonyl (C=O) groups excluding carboxylic acids is 1. The molecule has 0 saturated carbocycles. The van der Waals surface area contributed by atoms with Gasteiger partial charge in [0.25, 0.3) is 5.91 Å². The number of carbonyl (C=O) groups is 1. The third-order valence-corrected chi connectivity index (χ3v) is 8.33. The number of likely N-dealkylation sites (tertiary alicyclic amines) is 1. The Labute approximate surface area is 201 Å². The number of benzene rings is 1. The van der Waals surface area contributed by atoms with Gasteiger partial charge in [0.05, 0.1) is 16.0 Å². The van der Waals surface area contributed by atoms with Gasteiger partial charge in [-0.15, -0.1) is 11.3 Å². The lowest BCUT2D eigenvalue weighted by atomic mass is 10.0. The Morgan fingerprint density at radius 3 is 2.76 bits per heavy atom. The number of rotatable bonds is 5. The minimum atomic E-state index is -3.55. The molecule has 0 bridgehead atoms. The summed E-state index contributed by atoms with van der Waals surface area (Å²) < 4.78 is 29.9. The standard InChI is InChI=1S/C23H24ClN3O4S2/c24-15-10-14-11-20(23(28)27-7-2-1-3-8-27)31-21(14)18(12-15)17-4-6-26-19-13-16(32-22(17)19)5-9-33(25,29)30/h4,6,10,12-13,20H,1-3,5,7-9,11H2,(H2,25,29,30)/t20-/m1/s1. The number of nitrogens with two attached hydrogens (primary N) is 1. The number of thiophene rings is 1. The highest BCUT2D eigenvalue weighted by Gasteiger charge is 2.35. The van der Waals surface area contributed by atoms with Crippen molar-refractivity contribution in [3.8, 4) is 16.9 Å². The third kappa shape index (κ3) is 4.73. The van der Waals surface area contributed by atoms with Crippen LogP contribution in [0.25, 0.3) is 21.3 Å². The number of fused-ring (bicyclic) bond motifs is 2. The number of pyridine rings is 1. The van der Waals surface area contributed by atoms with Gasteiger partial charge in [-0.25, -0.2) is 13.6 Å². The van der Waals surface area contributed by atoms with Crippen molar-refractivity contribution < 1.29 is 17.9 Å². The van der Waals surface area contributed by atoms with Gasteiger partial charge in [-0.2, -0.15) is 0 Å². The second kappa shape index (κ2) is 8.87. The lowest BCUT2D eigenvalue weighted by molar-refractivity contribution is -0.138. The minimum Gasteiger partial charge on any atom is -0.479 e. The first kappa shape index (κ1) is 22.6. The smallest absolute Gasteiger partial charge is 0.263 e. The second-order valence-electron chi connectivity index (χ2n) is 8.54. The van der Waals surface area contributed by atoms with E-state index in [1.165, 1.54) is 11.3 Å². The van der Waals surface area contributed by atoms with Crippen LogP contribution in [0.15, 0.2) is 30.5 Å². The fourth-order valence-corrected chi connectivity index (χ4v) is 6.56. The molecule has 2 aromatic heterocycles. The van der Waals surface area contributed by atoms with Crippen molar-refractivity contribution in [3.05, 3.63) is 45.9 Å². The number of aromatic nitrogens is 1. The summed E-state index contributed by atoms with van der Waals surface area (Å²) in [4.78, 5) is 20.3. The quantitative estimate of drug-likeness (QED) is 0.568. The summed E-state index contributed by atoms with van der Waals surface area (Å²) >= 11 is 7.95. The highest BCUT2D eigenvalue weighted by Crippen LogP contribution is 2.44. The Morgan fingerprint density at radius 1 is 1.21 bits per heavy atom. The van der Waals surface area contributed by atoms with E-state index < -0.39 is 16.1 Å². The van der Waals surface area contributed by atoms with Crippen molar-refractivity contribution >= 4 is 49.1 Å². The number of piperidine rings is 1. The zero-order valence-corrected chi connectivity index (χ0v) is 20.3. The number of nitrogens with zero attached hydrogens (tertiary/aromatic N) is 2. The maximum absolute atomic E-state index is 13.1. The number of ether oxygens (including phenoxy) is 1. The van der Waals surface area contributed by atoms with Crippen molar-refractivity contribution in [1.82, 2.24) is 9.88 Å². The van der Waals surface area contributed by atoms with Crippen molar-refractivity contribution in [1.29, 1.82) is 0 Å². The first-order valence-corrected chi connectivity index (χ1v) is 13.9. The van der Waals surface area contributed by atoms with Gasteiger partial charge in [0.15, 0.2) is 6.10 Å². The lowest BCUT2D eigenvalue weighted by Gasteiger charge is -2.28. The molecular weight excluding hydrogens is 482 g/mol. The number of hydrogen-bond donors (Lipinski definition) is 1. The average molecular weight is 506 g/mol. The van der Waals surface area contributed by atoms with Gasteiger partial charge in [-0.3, -0.25) is 9.78 Å². The SMILES string of the molecule is NS(=O)(=O)CCc1cc2nccc(-c3cc(Cl)cc4c3O[C@@H](C(=O)N3CCCCC3)C4)c2s1. The van der Waals surface area contributed by atoms with Crippen LogP contribution in [0, 0.1) is 0 Å². The van der Waals surface area contributed by atoms with Crippen molar-refractivity contribution in [2.75, 3.05) is 18.8 Å². The molecule has 1 aromatic carbocycles. The predicted octanol–water partition coefficient (Wildman–Crippen LogP) is 3.76. The van der Waals surface area contributed by atoms with Crippen LogP contribution in [0.4, 0.5) is 0 Å². The van der Waals surface area contributed by atoms with E-state index in [1.807, 2.05) is 29.2 Å². The lowest BCUT2D eigenvalue weighted by Crippen LogP contribution is -2.43. The highest BCUT2D eigenvalue weighted by atomic mass is 35.5. The molecule has 5 rings (SSSR count). The van der Waals surface area contributed by atoms with E-state index in [0.717, 1.165) is 64.1 Å². The van der Waals surface area contributed by atoms with Gasteiger partial charge < -0.3 is 9.64 Å². The molecule has 1 amide bonds. The predicted molar refractivity (Wildman–Crippen MR) is 130 cm³/mol. The fourth-order valence-electron chi connectivity index (χ4n) is 4.55. The van der Waals surface area contributed by atoms with E-state index in [2.05, 4.69) is 4.98 Å². The maximum Gasteiger partial charge on any atom is 0.263 e. The first-order chi connectivity index (χ1) is 15.8. The zero-order chi connectivity index (χ0) is 23.2. The Balaban J connectivity index is 1.49. The molecule has 0 spiro atoms. The summed E-state index contributed by atoms with van der Waals surface area (Å²) in [5, 5.41) is 5.75. The Morgan fingerprint density at radius 2 is 2.00 bits per heavy atom. The summed E-state index contributed by atoms with van der Waals surface area (Å²) in [6.45, 7) is 1.56. The van der Waals surface area contributed by atoms with Crippen LogP contribution < -0.4 is 9.88 Å². The number of halogens is 1. The molecule has 174 valence electrons. The zero-order valence-electron chi connectivity index (χ0n) is 17.9. The molecule has 7 nitrogen and oxygen atoms in total. The molecule has 0 radical (unpaired) electrons. The number of sulfonamides is 1. The first-order valence-electron chi connectivity index (χ1n) is 10.9. The maximum atomic E-state index is 13.1. The largest absolute Gasteiger partial charge is 0.479 e. The second-order valence-corrected chi connectivity index (χ2v) is 11.8. The minimum absolute atomic E-state index is 0.0363. The Kier molecular flexibility index (Phi) is 6.07. The summed E-state index contributed by atoms with van der Waals surface area (Å²) in [5.74, 6) is 0.599. The molecule has 2 aliphatic rings. The van der Waals surface area contributed by atoms with Crippen LogP contribution in [0.2, 0.25) is 5.02 Å². The van der Waals surface area contributed by atoms with E-state index >= 15 is 0 Å². The fraction of sp³-hybridized carbons (Fsp3) is 0.391. The number of aryl methyl sites for hydroxylation is 1. The van der Waals surface area contributed by atoms with Crippen molar-refractivity contribution in [3.63, 3.8) is 0 Å². The molecule has 1 fully saturated rings. The highest BCUT2D eigenvalue weighted by molar-refractivity contribution is 7.89. The topological polar surface area (TPSA) is 103 Å². The van der Waals surface area contributed by atoms with Crippen molar-refractivity contribution in [2.24, 2.45) is 5.14 Å². The van der Waals surface area contributed by atoms with Crippen LogP contribution in [0.3, 0.4) is 0 Å². The molecule has 33 heavy (non-hydrogen) atoms. The number of hydrogen-bond acceptors (Lipinski definition) is 6. The van der Waals surface area contributed by atoms with E-state index in [-0.39, 0.29) is 11.7 Å². The van der Waals surface area contributed by atoms with E-state index in [9.17, 15) is 13.2 Å². The van der Waals surface area contributed by atoms with Gasteiger partial charge in [-0.05, 0) is 49.9 Å². The van der Waals surface area contributed by atoms with E-state index in [4.69, 9.17) is 21.5 Å². The number of primary sulfonamides is 1. The van der Waals surface area contributed by atoms with Crippen LogP contribution in [-0.2, 0) is 27.7 Å². The third-order valence-electron chi connectivity index (χ3n) is 6.13. The number of amides is 1. The molecule has 4 heterocycles. The molecule has 2 N–H and O–H groups in total. The molecule has 1 saturated heterocycles. The van der Waals surface area contributed by atoms with Gasteiger partial charge in [-0.1, -0.05) is 11.6 Å². The summed E-state index contributed by atoms with van der Waals surface area (Å²) in [5.41, 5.74) is 3.41. The van der Waals surface area contributed by atoms with Crippen molar-refractivity contribution in [2.45, 2.75) is 38.2 Å². The Hall–Kier alpha value is -2.20. The van der Waals surface area contributed by atoms with Gasteiger partial charge in [0.1, 0.15) is 5.75 Å². The van der Waals surface area contributed by atoms with Gasteiger partial charge in [0.2, 0.25) is 10.0 Å². The van der Waals surface area contributed by atoms with Crippen LogP contribution in [0.1, 0.15) is 29.7 Å². The molecule has 3 aromatic rings. The molecule has 10 heteroatoms. The molecule has 2 aliphatic heterocycles. The van der Waals surface area contributed by atoms with Crippen LogP contribution >= 0.6 is 22.9 Å². The average Bonchev–Trinajstić information content (AvgIpc) is 3.40. The van der Waals surface area contributed by atoms with Gasteiger partial charge >= 0.3 is 0 Å². The summed E-state index contributed by atoms with van der Waals surface area (Å²) in [7, 11) is -3.55. The van der Waals surface area contributed by atoms with Crippen LogP contribution in [-0.4, -0.2) is 49.2 Å². The molecular formula is C23H24ClN3O4S2. The van der Waals surface area contributed by atoms with E-state index in [0.29, 0.717) is 23.6 Å². The monoisotopic (exact) mass is 505 g/mol. The summed E-state index contributed by atoms with van der Waals surface area (Å²) in [6, 6.07) is 7.52. The summed E-state index contributed by atoms with van der Waals surface area (Å²) in [6.07, 6.45) is 5.22. The van der Waals surface area contributed by atoms with Crippen LogP contribution in [0.5, 0.6) is 5.75 Å². The molecule has 1 atom stereocenters. The normalized spacial score (nSPS) is 18.4. The van der Waals surface area contributed by atoms with Gasteiger partial charge in [0, 0.05) is 52.3 Å². The van der Waals surface area contributed by atoms with E-state index in [1.54, 1.807) is 6.20 Å².